The van der Waals surface area contributed by atoms with Crippen LogP contribution in [0.5, 0.6) is 0 Å². The minimum Gasteiger partial charge on any atom is -0.325 e. The van der Waals surface area contributed by atoms with Gasteiger partial charge in [-0.1, -0.05) is 18.7 Å². The molecule has 1 rings (SSSR count). The second kappa shape index (κ2) is 2.67. The van der Waals surface area contributed by atoms with E-state index in [0.29, 0.717) is 0 Å². The maximum Gasteiger partial charge on any atom is 0.135 e. The van der Waals surface area contributed by atoms with Gasteiger partial charge in [-0.2, -0.15) is 0 Å². The first-order valence-corrected chi connectivity index (χ1v) is 3.29. The van der Waals surface area contributed by atoms with Gasteiger partial charge in [0.1, 0.15) is 5.69 Å². The van der Waals surface area contributed by atoms with Gasteiger partial charge >= 0.3 is 0 Å². The molecule has 0 amide bonds. The first-order valence-electron chi connectivity index (χ1n) is 3.29. The van der Waals surface area contributed by atoms with Crippen molar-refractivity contribution in [2.75, 3.05) is 0 Å². The lowest BCUT2D eigenvalue weighted by Gasteiger charge is -1.95. The van der Waals surface area contributed by atoms with Crippen molar-refractivity contribution in [2.24, 2.45) is 0 Å². The van der Waals surface area contributed by atoms with E-state index in [1.165, 1.54) is 5.56 Å². The molecular weight excluding hydrogens is 122 g/mol. The molecule has 52 valence electrons. The van der Waals surface area contributed by atoms with E-state index in [4.69, 9.17) is 0 Å². The topological polar surface area (TPSA) is 27.6 Å². The van der Waals surface area contributed by atoms with Gasteiger partial charge in [0.05, 0.1) is 0 Å². The molecule has 0 unspecified atom stereocenters. The van der Waals surface area contributed by atoms with Gasteiger partial charge in [0.25, 0.3) is 0 Å². The third-order valence-electron chi connectivity index (χ3n) is 1.52. The molecule has 0 bridgehead atoms. The first-order chi connectivity index (χ1) is 4.74. The highest BCUT2D eigenvalue weighted by Gasteiger charge is 1.95. The molecule has 1 aromatic carbocycles. The van der Waals surface area contributed by atoms with E-state index in [-0.39, 0.29) is 0 Å². The lowest BCUT2D eigenvalue weighted by molar-refractivity contribution is -0.255. The van der Waals surface area contributed by atoms with Gasteiger partial charge in [0, 0.05) is 11.6 Å². The number of quaternary nitrogens is 1. The van der Waals surface area contributed by atoms with Crippen molar-refractivity contribution >= 4 is 11.8 Å². The molecule has 0 aliphatic rings. The Morgan fingerprint density at radius 2 is 2.20 bits per heavy atom. The minimum atomic E-state index is 1.05. The lowest BCUT2D eigenvalue weighted by Crippen LogP contribution is -2.41. The largest absolute Gasteiger partial charge is 0.325 e. The monoisotopic (exact) mass is 134 g/mol. The predicted octanol–water partition coefficient (Wildman–Crippen LogP) is 1.51. The third kappa shape index (κ3) is 1.25. The van der Waals surface area contributed by atoms with E-state index < -0.39 is 0 Å². The van der Waals surface area contributed by atoms with E-state index in [1.54, 1.807) is 0 Å². The van der Waals surface area contributed by atoms with Crippen LogP contribution in [-0.4, -0.2) is 0 Å². The number of rotatable bonds is 1. The molecule has 0 aliphatic carbocycles. The Bertz CT molecular complexity index is 251. The van der Waals surface area contributed by atoms with E-state index >= 15 is 0 Å². The Morgan fingerprint density at radius 1 is 1.50 bits per heavy atom. The highest BCUT2D eigenvalue weighted by Crippen LogP contribution is 2.12. The number of hydrogen-bond acceptors (Lipinski definition) is 0. The average Bonchev–Trinajstić information content (AvgIpc) is 1.88. The fourth-order valence-electron chi connectivity index (χ4n) is 0.934. The fraction of sp³-hybridized carbons (Fsp3) is 0.111. The van der Waals surface area contributed by atoms with Crippen molar-refractivity contribution in [1.82, 2.24) is 0 Å². The summed E-state index contributed by atoms with van der Waals surface area (Å²) in [5.74, 6) is 0. The van der Waals surface area contributed by atoms with E-state index in [1.807, 2.05) is 12.1 Å². The van der Waals surface area contributed by atoms with Crippen LogP contribution in [0.3, 0.4) is 0 Å². The minimum absolute atomic E-state index is 1.05. The summed E-state index contributed by atoms with van der Waals surface area (Å²) in [6.07, 6.45) is 1.82. The van der Waals surface area contributed by atoms with Gasteiger partial charge in [-0.3, -0.25) is 0 Å². The van der Waals surface area contributed by atoms with Crippen LogP contribution in [0.4, 0.5) is 5.69 Å². The molecule has 0 heterocycles. The predicted molar refractivity (Wildman–Crippen MR) is 43.8 cm³/mol. The molecule has 0 radical (unpaired) electrons. The first kappa shape index (κ1) is 7.03. The number of benzene rings is 1. The summed E-state index contributed by atoms with van der Waals surface area (Å²) in [4.78, 5) is 0. The van der Waals surface area contributed by atoms with E-state index in [2.05, 4.69) is 31.4 Å². The molecule has 0 spiro atoms. The molecule has 0 aliphatic heterocycles. The van der Waals surface area contributed by atoms with Crippen molar-refractivity contribution < 1.29 is 5.73 Å². The van der Waals surface area contributed by atoms with Crippen LogP contribution in [0, 0.1) is 6.92 Å². The van der Waals surface area contributed by atoms with Crippen LogP contribution in [0.1, 0.15) is 11.1 Å². The van der Waals surface area contributed by atoms with Gasteiger partial charge in [0.2, 0.25) is 0 Å². The Kier molecular flexibility index (Phi) is 1.88. The lowest BCUT2D eigenvalue weighted by atomic mass is 10.1. The normalized spacial score (nSPS) is 9.40. The van der Waals surface area contributed by atoms with Gasteiger partial charge in [0.15, 0.2) is 0 Å². The van der Waals surface area contributed by atoms with E-state index in [0.717, 1.165) is 11.3 Å². The van der Waals surface area contributed by atoms with Crippen molar-refractivity contribution in [3.05, 3.63) is 35.9 Å². The van der Waals surface area contributed by atoms with Crippen LogP contribution in [0.2, 0.25) is 0 Å². The van der Waals surface area contributed by atoms with Gasteiger partial charge in [-0.15, -0.1) is 0 Å². The number of hydrogen-bond donors (Lipinski definition) is 1. The maximum absolute atomic E-state index is 3.88. The van der Waals surface area contributed by atoms with Crippen molar-refractivity contribution in [3.8, 4) is 0 Å². The Balaban J connectivity index is 3.19. The van der Waals surface area contributed by atoms with Crippen molar-refractivity contribution in [2.45, 2.75) is 6.92 Å². The molecule has 0 saturated heterocycles. The smallest absolute Gasteiger partial charge is 0.135 e. The SMILES string of the molecule is C=Cc1ccc(C)cc1[NH3+]. The standard InChI is InChI=1S/C9H11N/c1-3-8-5-4-7(2)6-9(8)10/h3-6H,1,10H2,2H3/p+1. The zero-order valence-corrected chi connectivity index (χ0v) is 6.22. The van der Waals surface area contributed by atoms with Gasteiger partial charge < -0.3 is 5.73 Å². The summed E-state index contributed by atoms with van der Waals surface area (Å²) in [6.45, 7) is 5.74. The van der Waals surface area contributed by atoms with Gasteiger partial charge in [-0.25, -0.2) is 0 Å². The molecule has 10 heavy (non-hydrogen) atoms. The van der Waals surface area contributed by atoms with Crippen LogP contribution in [0.15, 0.2) is 24.8 Å². The Labute approximate surface area is 61.2 Å². The average molecular weight is 134 g/mol. The second-order valence-corrected chi connectivity index (χ2v) is 2.41. The number of aryl methyl sites for hydroxylation is 1. The molecule has 0 fully saturated rings. The Morgan fingerprint density at radius 3 is 2.70 bits per heavy atom. The summed E-state index contributed by atoms with van der Waals surface area (Å²) in [7, 11) is 0. The van der Waals surface area contributed by atoms with E-state index in [9.17, 15) is 0 Å². The summed E-state index contributed by atoms with van der Waals surface area (Å²) >= 11 is 0. The molecule has 0 aromatic heterocycles. The summed E-state index contributed by atoms with van der Waals surface area (Å²) < 4.78 is 0. The molecule has 1 nitrogen and oxygen atoms in total. The maximum atomic E-state index is 3.88. The third-order valence-corrected chi connectivity index (χ3v) is 1.52. The van der Waals surface area contributed by atoms with Crippen molar-refractivity contribution in [3.63, 3.8) is 0 Å². The highest BCUT2D eigenvalue weighted by atomic mass is 14.5. The van der Waals surface area contributed by atoms with Crippen LogP contribution in [-0.2, 0) is 0 Å². The molecule has 3 N–H and O–H groups in total. The summed E-state index contributed by atoms with van der Waals surface area (Å²) in [5.41, 5.74) is 7.29. The molecule has 0 atom stereocenters. The molecular formula is C9H12N+. The molecule has 0 saturated carbocycles. The Hall–Kier alpha value is -1.08. The quantitative estimate of drug-likeness (QED) is 0.603. The summed E-state index contributed by atoms with van der Waals surface area (Å²) in [5, 5.41) is 0. The zero-order valence-electron chi connectivity index (χ0n) is 6.22. The van der Waals surface area contributed by atoms with Crippen LogP contribution in [0.25, 0.3) is 6.08 Å². The highest BCUT2D eigenvalue weighted by molar-refractivity contribution is 5.59. The van der Waals surface area contributed by atoms with Crippen molar-refractivity contribution in [1.29, 1.82) is 0 Å². The van der Waals surface area contributed by atoms with Crippen LogP contribution >= 0.6 is 0 Å². The van der Waals surface area contributed by atoms with Crippen LogP contribution < -0.4 is 5.73 Å². The molecule has 1 aromatic rings. The van der Waals surface area contributed by atoms with Gasteiger partial charge in [-0.05, 0) is 18.6 Å². The second-order valence-electron chi connectivity index (χ2n) is 2.41. The summed E-state index contributed by atoms with van der Waals surface area (Å²) in [6, 6.07) is 6.15. The zero-order chi connectivity index (χ0) is 7.56. The fourth-order valence-corrected chi connectivity index (χ4v) is 0.934. The molecule has 1 heteroatoms.